The van der Waals surface area contributed by atoms with Crippen LogP contribution in [0.25, 0.3) is 0 Å². The lowest BCUT2D eigenvalue weighted by Gasteiger charge is -2.22. The SMILES string of the molecule is Cc1ccc(F)c(NCC(O)COC(C)(C)C)c1F. The van der Waals surface area contributed by atoms with Crippen molar-refractivity contribution in [2.24, 2.45) is 0 Å². The number of aryl methyl sites for hydroxylation is 1. The van der Waals surface area contributed by atoms with Crippen LogP contribution in [-0.4, -0.2) is 30.0 Å². The molecule has 0 amide bonds. The molecule has 0 aliphatic heterocycles. The van der Waals surface area contributed by atoms with Crippen LogP contribution in [0.2, 0.25) is 0 Å². The molecular weight excluding hydrogens is 252 g/mol. The maximum atomic E-state index is 13.7. The van der Waals surface area contributed by atoms with E-state index >= 15 is 0 Å². The van der Waals surface area contributed by atoms with Gasteiger partial charge in [-0.1, -0.05) is 6.07 Å². The molecule has 0 spiro atoms. The zero-order valence-electron chi connectivity index (χ0n) is 11.8. The van der Waals surface area contributed by atoms with Gasteiger partial charge in [-0.3, -0.25) is 0 Å². The predicted octanol–water partition coefficient (Wildman–Crippen LogP) is 2.86. The van der Waals surface area contributed by atoms with Gasteiger partial charge in [0.05, 0.1) is 18.3 Å². The van der Waals surface area contributed by atoms with Gasteiger partial charge in [-0.2, -0.15) is 0 Å². The number of benzene rings is 1. The van der Waals surface area contributed by atoms with Crippen molar-refractivity contribution in [2.45, 2.75) is 39.4 Å². The average Bonchev–Trinajstić information content (AvgIpc) is 2.30. The minimum atomic E-state index is -0.835. The van der Waals surface area contributed by atoms with Crippen molar-refractivity contribution in [1.82, 2.24) is 0 Å². The highest BCUT2D eigenvalue weighted by Crippen LogP contribution is 2.21. The lowest BCUT2D eigenvalue weighted by Crippen LogP contribution is -2.30. The van der Waals surface area contributed by atoms with Gasteiger partial charge in [0.1, 0.15) is 11.5 Å². The first-order valence-corrected chi connectivity index (χ1v) is 6.21. The van der Waals surface area contributed by atoms with Crippen LogP contribution in [0, 0.1) is 18.6 Å². The van der Waals surface area contributed by atoms with Crippen molar-refractivity contribution in [2.75, 3.05) is 18.5 Å². The van der Waals surface area contributed by atoms with E-state index in [2.05, 4.69) is 5.32 Å². The van der Waals surface area contributed by atoms with Crippen LogP contribution >= 0.6 is 0 Å². The van der Waals surface area contributed by atoms with E-state index in [9.17, 15) is 13.9 Å². The van der Waals surface area contributed by atoms with Crippen molar-refractivity contribution in [3.05, 3.63) is 29.3 Å². The molecule has 108 valence electrons. The topological polar surface area (TPSA) is 41.5 Å². The number of halogens is 2. The lowest BCUT2D eigenvalue weighted by atomic mass is 10.2. The summed E-state index contributed by atoms with van der Waals surface area (Å²) < 4.78 is 32.5. The first-order chi connectivity index (χ1) is 8.70. The van der Waals surface area contributed by atoms with Crippen LogP contribution < -0.4 is 5.32 Å². The number of anilines is 1. The Hall–Kier alpha value is -1.20. The Kier molecular flexibility index (Phi) is 5.26. The van der Waals surface area contributed by atoms with Gasteiger partial charge in [0.2, 0.25) is 0 Å². The van der Waals surface area contributed by atoms with E-state index in [1.54, 1.807) is 6.92 Å². The van der Waals surface area contributed by atoms with E-state index in [0.717, 1.165) is 0 Å². The molecule has 1 unspecified atom stereocenters. The van der Waals surface area contributed by atoms with Gasteiger partial charge < -0.3 is 15.2 Å². The summed E-state index contributed by atoms with van der Waals surface area (Å²) in [5.41, 5.74) is -0.222. The van der Waals surface area contributed by atoms with E-state index < -0.39 is 17.7 Å². The van der Waals surface area contributed by atoms with Crippen LogP contribution in [0.1, 0.15) is 26.3 Å². The summed E-state index contributed by atoms with van der Waals surface area (Å²) >= 11 is 0. The monoisotopic (exact) mass is 273 g/mol. The normalized spacial score (nSPS) is 13.4. The van der Waals surface area contributed by atoms with Gasteiger partial charge in [0.15, 0.2) is 5.82 Å². The van der Waals surface area contributed by atoms with Crippen LogP contribution in [0.3, 0.4) is 0 Å². The zero-order valence-corrected chi connectivity index (χ0v) is 11.8. The Morgan fingerprint density at radius 2 is 1.95 bits per heavy atom. The fourth-order valence-electron chi connectivity index (χ4n) is 1.44. The summed E-state index contributed by atoms with van der Waals surface area (Å²) in [7, 11) is 0. The van der Waals surface area contributed by atoms with E-state index in [1.807, 2.05) is 20.8 Å². The third-order valence-electron chi connectivity index (χ3n) is 2.51. The van der Waals surface area contributed by atoms with Gasteiger partial charge in [0.25, 0.3) is 0 Å². The number of hydrogen-bond acceptors (Lipinski definition) is 3. The second-order valence-electron chi connectivity index (χ2n) is 5.51. The maximum absolute atomic E-state index is 13.7. The summed E-state index contributed by atoms with van der Waals surface area (Å²) in [6.45, 7) is 7.28. The van der Waals surface area contributed by atoms with E-state index in [-0.39, 0.29) is 24.4 Å². The number of ether oxygens (including phenoxy) is 1. The zero-order chi connectivity index (χ0) is 14.6. The number of aliphatic hydroxyl groups excluding tert-OH is 1. The van der Waals surface area contributed by atoms with Crippen molar-refractivity contribution < 1.29 is 18.6 Å². The molecule has 0 aliphatic rings. The lowest BCUT2D eigenvalue weighted by molar-refractivity contribution is -0.0450. The Bertz CT molecular complexity index is 430. The first-order valence-electron chi connectivity index (χ1n) is 6.21. The summed E-state index contributed by atoms with van der Waals surface area (Å²) in [6, 6.07) is 2.56. The third kappa shape index (κ3) is 5.12. The van der Waals surface area contributed by atoms with Crippen molar-refractivity contribution >= 4 is 5.69 Å². The number of rotatable bonds is 5. The molecule has 1 aromatic rings. The second kappa shape index (κ2) is 6.30. The van der Waals surface area contributed by atoms with Gasteiger partial charge >= 0.3 is 0 Å². The minimum absolute atomic E-state index is 0.0212. The Labute approximate surface area is 112 Å². The maximum Gasteiger partial charge on any atom is 0.152 e. The first kappa shape index (κ1) is 15.9. The minimum Gasteiger partial charge on any atom is -0.389 e. The Morgan fingerprint density at radius 3 is 2.53 bits per heavy atom. The Balaban J connectivity index is 2.55. The molecule has 5 heteroatoms. The second-order valence-corrected chi connectivity index (χ2v) is 5.51. The van der Waals surface area contributed by atoms with Gasteiger partial charge in [-0.05, 0) is 39.3 Å². The van der Waals surface area contributed by atoms with E-state index in [1.165, 1.54) is 12.1 Å². The third-order valence-corrected chi connectivity index (χ3v) is 2.51. The predicted molar refractivity (Wildman–Crippen MR) is 71.3 cm³/mol. The quantitative estimate of drug-likeness (QED) is 0.866. The van der Waals surface area contributed by atoms with Crippen LogP contribution in [0.4, 0.5) is 14.5 Å². The fourth-order valence-corrected chi connectivity index (χ4v) is 1.44. The molecule has 3 nitrogen and oxygen atoms in total. The van der Waals surface area contributed by atoms with E-state index in [4.69, 9.17) is 4.74 Å². The highest BCUT2D eigenvalue weighted by atomic mass is 19.1. The highest BCUT2D eigenvalue weighted by molar-refractivity contribution is 5.48. The summed E-state index contributed by atoms with van der Waals surface area (Å²) in [6.07, 6.45) is -0.835. The molecule has 1 rings (SSSR count). The van der Waals surface area contributed by atoms with Crippen molar-refractivity contribution in [1.29, 1.82) is 0 Å². The number of aliphatic hydroxyl groups is 1. The molecule has 0 aromatic heterocycles. The largest absolute Gasteiger partial charge is 0.389 e. The highest BCUT2D eigenvalue weighted by Gasteiger charge is 2.16. The van der Waals surface area contributed by atoms with Crippen LogP contribution in [0.5, 0.6) is 0 Å². The molecule has 19 heavy (non-hydrogen) atoms. The molecule has 0 radical (unpaired) electrons. The van der Waals surface area contributed by atoms with Crippen LogP contribution in [0.15, 0.2) is 12.1 Å². The fraction of sp³-hybridized carbons (Fsp3) is 0.571. The number of nitrogens with one attached hydrogen (secondary N) is 1. The van der Waals surface area contributed by atoms with Crippen molar-refractivity contribution in [3.8, 4) is 0 Å². The van der Waals surface area contributed by atoms with Gasteiger partial charge in [-0.25, -0.2) is 8.78 Å². The Morgan fingerprint density at radius 1 is 1.32 bits per heavy atom. The van der Waals surface area contributed by atoms with E-state index in [0.29, 0.717) is 5.56 Å². The van der Waals surface area contributed by atoms with Gasteiger partial charge in [-0.15, -0.1) is 0 Å². The number of hydrogen-bond donors (Lipinski definition) is 2. The molecule has 0 saturated heterocycles. The molecule has 0 heterocycles. The molecule has 0 aliphatic carbocycles. The summed E-state index contributed by atoms with van der Waals surface area (Å²) in [5, 5.41) is 12.3. The molecular formula is C14H21F2NO2. The smallest absolute Gasteiger partial charge is 0.152 e. The van der Waals surface area contributed by atoms with Crippen molar-refractivity contribution in [3.63, 3.8) is 0 Å². The average molecular weight is 273 g/mol. The molecule has 0 fully saturated rings. The molecule has 1 atom stereocenters. The van der Waals surface area contributed by atoms with Gasteiger partial charge in [0, 0.05) is 6.54 Å². The summed E-state index contributed by atoms with van der Waals surface area (Å²) in [4.78, 5) is 0. The molecule has 1 aromatic carbocycles. The standard InChI is InChI=1S/C14H21F2NO2/c1-9-5-6-11(15)13(12(9)16)17-7-10(18)8-19-14(2,3)4/h5-6,10,17-18H,7-8H2,1-4H3. The molecule has 2 N–H and O–H groups in total. The molecule has 0 bridgehead atoms. The van der Waals surface area contributed by atoms with Crippen LogP contribution in [-0.2, 0) is 4.74 Å². The molecule has 0 saturated carbocycles. The summed E-state index contributed by atoms with van der Waals surface area (Å²) in [5.74, 6) is -1.31.